The van der Waals surface area contributed by atoms with Gasteiger partial charge in [-0.1, -0.05) is 66.2 Å². The molecule has 0 aliphatic heterocycles. The number of rotatable bonds is 6. The Morgan fingerprint density at radius 2 is 1.76 bits per heavy atom. The Labute approximate surface area is 195 Å². The third-order valence-electron chi connectivity index (χ3n) is 4.88. The van der Waals surface area contributed by atoms with Gasteiger partial charge in [-0.15, -0.1) is 0 Å². The number of anilines is 1. The van der Waals surface area contributed by atoms with E-state index in [1.54, 1.807) is 29.1 Å². The van der Waals surface area contributed by atoms with Gasteiger partial charge in [0.2, 0.25) is 0 Å². The molecule has 0 bridgehead atoms. The van der Waals surface area contributed by atoms with Crippen LogP contribution in [0.1, 0.15) is 11.1 Å². The number of hydrogen-bond donors (Lipinski definition) is 1. The highest BCUT2D eigenvalue weighted by molar-refractivity contribution is 6.30. The summed E-state index contributed by atoms with van der Waals surface area (Å²) in [6, 6.07) is 24.6. The minimum Gasteiger partial charge on any atom is -0.319 e. The summed E-state index contributed by atoms with van der Waals surface area (Å²) in [5.41, 5.74) is 2.89. The Morgan fingerprint density at radius 1 is 1.06 bits per heavy atom. The van der Waals surface area contributed by atoms with Crippen molar-refractivity contribution in [2.24, 2.45) is 0 Å². The standard InChI is InChI=1S/C26H18ClFN4O/c27-22-12-10-18(11-13-22)16-32-17-21(25(31-32)19-6-2-1-3-7-19)14-20(15-29)26(33)30-24-9-5-4-8-23(24)28/h1-14,17H,16H2,(H,30,33). The van der Waals surface area contributed by atoms with Crippen LogP contribution in [0, 0.1) is 17.1 Å². The molecule has 0 saturated heterocycles. The molecule has 5 nitrogen and oxygen atoms in total. The molecule has 0 aliphatic rings. The van der Waals surface area contributed by atoms with Gasteiger partial charge in [-0.2, -0.15) is 10.4 Å². The fourth-order valence-electron chi connectivity index (χ4n) is 3.28. The second kappa shape index (κ2) is 9.94. The summed E-state index contributed by atoms with van der Waals surface area (Å²) in [5, 5.41) is 17.4. The fourth-order valence-corrected chi connectivity index (χ4v) is 3.40. The van der Waals surface area contributed by atoms with Crippen LogP contribution in [-0.2, 0) is 11.3 Å². The van der Waals surface area contributed by atoms with E-state index in [9.17, 15) is 14.4 Å². The lowest BCUT2D eigenvalue weighted by atomic mass is 10.1. The molecular weight excluding hydrogens is 439 g/mol. The van der Waals surface area contributed by atoms with E-state index in [4.69, 9.17) is 11.6 Å². The van der Waals surface area contributed by atoms with E-state index in [1.165, 1.54) is 24.3 Å². The minimum absolute atomic E-state index is 0.00497. The Kier molecular flexibility index (Phi) is 6.63. The highest BCUT2D eigenvalue weighted by Crippen LogP contribution is 2.25. The van der Waals surface area contributed by atoms with E-state index in [2.05, 4.69) is 10.4 Å². The van der Waals surface area contributed by atoms with E-state index >= 15 is 0 Å². The number of nitrogens with one attached hydrogen (secondary N) is 1. The van der Waals surface area contributed by atoms with Crippen molar-refractivity contribution in [3.63, 3.8) is 0 Å². The van der Waals surface area contributed by atoms with Crippen LogP contribution in [-0.4, -0.2) is 15.7 Å². The summed E-state index contributed by atoms with van der Waals surface area (Å²) in [6.07, 6.45) is 3.23. The van der Waals surface area contributed by atoms with E-state index < -0.39 is 11.7 Å². The maximum Gasteiger partial charge on any atom is 0.266 e. The second-order valence-corrected chi connectivity index (χ2v) is 7.66. The van der Waals surface area contributed by atoms with Crippen molar-refractivity contribution in [3.8, 4) is 17.3 Å². The largest absolute Gasteiger partial charge is 0.319 e. The predicted molar refractivity (Wildman–Crippen MR) is 127 cm³/mol. The van der Waals surface area contributed by atoms with E-state index in [1.807, 2.05) is 48.5 Å². The molecule has 7 heteroatoms. The molecule has 33 heavy (non-hydrogen) atoms. The summed E-state index contributed by atoms with van der Waals surface area (Å²) in [7, 11) is 0. The molecule has 0 radical (unpaired) electrons. The zero-order valence-electron chi connectivity index (χ0n) is 17.4. The van der Waals surface area contributed by atoms with Gasteiger partial charge in [-0.3, -0.25) is 9.48 Å². The second-order valence-electron chi connectivity index (χ2n) is 7.23. The zero-order chi connectivity index (χ0) is 23.2. The third-order valence-corrected chi connectivity index (χ3v) is 5.13. The van der Waals surface area contributed by atoms with Crippen molar-refractivity contribution in [1.29, 1.82) is 5.26 Å². The molecule has 1 heterocycles. The molecule has 0 fully saturated rings. The van der Waals surface area contributed by atoms with Crippen LogP contribution in [0.25, 0.3) is 17.3 Å². The van der Waals surface area contributed by atoms with Crippen LogP contribution in [0.2, 0.25) is 5.02 Å². The number of aromatic nitrogens is 2. The van der Waals surface area contributed by atoms with Crippen molar-refractivity contribution in [3.05, 3.63) is 113 Å². The van der Waals surface area contributed by atoms with Crippen LogP contribution in [0.15, 0.2) is 90.6 Å². The number of nitrogens with zero attached hydrogens (tertiary/aromatic N) is 3. The van der Waals surface area contributed by atoms with Gasteiger partial charge in [-0.25, -0.2) is 4.39 Å². The molecular formula is C26H18ClFN4O. The van der Waals surface area contributed by atoms with Crippen LogP contribution >= 0.6 is 11.6 Å². The summed E-state index contributed by atoms with van der Waals surface area (Å²) in [4.78, 5) is 12.7. The zero-order valence-corrected chi connectivity index (χ0v) is 18.1. The number of nitriles is 1. The summed E-state index contributed by atoms with van der Waals surface area (Å²) >= 11 is 5.97. The summed E-state index contributed by atoms with van der Waals surface area (Å²) in [6.45, 7) is 0.480. The first-order valence-electron chi connectivity index (χ1n) is 10.1. The van der Waals surface area contributed by atoms with Crippen LogP contribution in [0.3, 0.4) is 0 Å². The molecule has 0 aliphatic carbocycles. The predicted octanol–water partition coefficient (Wildman–Crippen LogP) is 5.94. The Morgan fingerprint density at radius 3 is 2.45 bits per heavy atom. The van der Waals surface area contributed by atoms with Crippen molar-refractivity contribution in [2.45, 2.75) is 6.54 Å². The average molecular weight is 457 g/mol. The Hall–Kier alpha value is -4.21. The van der Waals surface area contributed by atoms with Gasteiger partial charge >= 0.3 is 0 Å². The number of hydrogen-bond acceptors (Lipinski definition) is 3. The fraction of sp³-hybridized carbons (Fsp3) is 0.0385. The molecule has 0 spiro atoms. The first kappa shape index (κ1) is 22.0. The first-order chi connectivity index (χ1) is 16.0. The van der Waals surface area contributed by atoms with Gasteiger partial charge in [0.15, 0.2) is 0 Å². The van der Waals surface area contributed by atoms with Gasteiger partial charge in [0.05, 0.1) is 17.9 Å². The van der Waals surface area contributed by atoms with Crippen LogP contribution in [0.4, 0.5) is 10.1 Å². The molecule has 4 rings (SSSR count). The Bertz CT molecular complexity index is 1360. The van der Waals surface area contributed by atoms with Crippen molar-refractivity contribution < 1.29 is 9.18 Å². The number of halogens is 2. The number of amides is 1. The molecule has 0 saturated carbocycles. The lowest BCUT2D eigenvalue weighted by molar-refractivity contribution is -0.112. The molecule has 1 N–H and O–H groups in total. The van der Waals surface area contributed by atoms with Crippen molar-refractivity contribution in [2.75, 3.05) is 5.32 Å². The number of para-hydroxylation sites is 1. The minimum atomic E-state index is -0.702. The third kappa shape index (κ3) is 5.35. The molecule has 162 valence electrons. The highest BCUT2D eigenvalue weighted by Gasteiger charge is 2.16. The first-order valence-corrected chi connectivity index (χ1v) is 10.5. The smallest absolute Gasteiger partial charge is 0.266 e. The van der Waals surface area contributed by atoms with Gasteiger partial charge in [-0.05, 0) is 35.9 Å². The molecule has 1 aromatic heterocycles. The van der Waals surface area contributed by atoms with Gasteiger partial charge < -0.3 is 5.32 Å². The lowest BCUT2D eigenvalue weighted by Gasteiger charge is -2.05. The molecule has 3 aromatic carbocycles. The maximum absolute atomic E-state index is 13.9. The van der Waals surface area contributed by atoms with Gasteiger partial charge in [0, 0.05) is 22.3 Å². The van der Waals surface area contributed by atoms with Crippen molar-refractivity contribution in [1.82, 2.24) is 9.78 Å². The van der Waals surface area contributed by atoms with Gasteiger partial charge in [0.1, 0.15) is 17.5 Å². The number of carbonyl (C=O) groups is 1. The van der Waals surface area contributed by atoms with E-state index in [-0.39, 0.29) is 11.3 Å². The summed E-state index contributed by atoms with van der Waals surface area (Å²) < 4.78 is 15.7. The van der Waals surface area contributed by atoms with Crippen LogP contribution in [0.5, 0.6) is 0 Å². The summed E-state index contributed by atoms with van der Waals surface area (Å²) in [5.74, 6) is -1.28. The number of carbonyl (C=O) groups excluding carboxylic acids is 1. The quantitative estimate of drug-likeness (QED) is 0.288. The SMILES string of the molecule is N#CC(=Cc1cn(Cc2ccc(Cl)cc2)nc1-c1ccccc1)C(=O)Nc1ccccc1F. The van der Waals surface area contributed by atoms with E-state index in [0.29, 0.717) is 22.8 Å². The molecule has 0 unspecified atom stereocenters. The van der Waals surface area contributed by atoms with Crippen LogP contribution < -0.4 is 5.32 Å². The normalized spacial score (nSPS) is 11.1. The maximum atomic E-state index is 13.9. The van der Waals surface area contributed by atoms with Crippen molar-refractivity contribution >= 4 is 29.3 Å². The lowest BCUT2D eigenvalue weighted by Crippen LogP contribution is -2.14. The highest BCUT2D eigenvalue weighted by atomic mass is 35.5. The average Bonchev–Trinajstić information content (AvgIpc) is 3.23. The molecule has 4 aromatic rings. The number of benzene rings is 3. The monoisotopic (exact) mass is 456 g/mol. The molecule has 0 atom stereocenters. The van der Waals surface area contributed by atoms with E-state index in [0.717, 1.165) is 11.1 Å². The topological polar surface area (TPSA) is 70.7 Å². The Balaban J connectivity index is 1.69. The molecule has 1 amide bonds. The van der Waals surface area contributed by atoms with Gasteiger partial charge in [0.25, 0.3) is 5.91 Å².